The Labute approximate surface area is 107 Å². The van der Waals surface area contributed by atoms with E-state index in [4.69, 9.17) is 5.73 Å². The summed E-state index contributed by atoms with van der Waals surface area (Å²) in [6.07, 6.45) is 0. The maximum Gasteiger partial charge on any atom is 0.0413 e. The first-order chi connectivity index (χ1) is 8.16. The molecule has 1 atom stereocenters. The zero-order valence-corrected chi connectivity index (χ0v) is 11.1. The molecule has 0 bridgehead atoms. The van der Waals surface area contributed by atoms with Gasteiger partial charge < -0.3 is 5.73 Å². The van der Waals surface area contributed by atoms with E-state index in [1.165, 1.54) is 10.4 Å². The molecule has 0 saturated carbocycles. The van der Waals surface area contributed by atoms with E-state index in [1.54, 1.807) is 0 Å². The summed E-state index contributed by atoms with van der Waals surface area (Å²) in [4.78, 5) is 3.75. The molecule has 2 N–H and O–H groups in total. The van der Waals surface area contributed by atoms with E-state index >= 15 is 0 Å². The molecule has 17 heavy (non-hydrogen) atoms. The molecule has 2 aromatic rings. The third-order valence-corrected chi connectivity index (χ3v) is 4.07. The molecule has 0 aliphatic heterocycles. The molecule has 1 heterocycles. The first-order valence-corrected chi connectivity index (χ1v) is 6.63. The Balaban J connectivity index is 2.01. The SMILES string of the molecule is CC(c1cccs1)N(C)Cc1ccc(N)cc1. The summed E-state index contributed by atoms with van der Waals surface area (Å²) in [5.74, 6) is 0. The number of benzene rings is 1. The summed E-state index contributed by atoms with van der Waals surface area (Å²) in [5, 5.41) is 2.13. The Morgan fingerprint density at radius 1 is 1.24 bits per heavy atom. The second-order valence-electron chi connectivity index (χ2n) is 4.35. The number of hydrogen-bond acceptors (Lipinski definition) is 3. The van der Waals surface area contributed by atoms with Crippen LogP contribution in [0.3, 0.4) is 0 Å². The lowest BCUT2D eigenvalue weighted by atomic mass is 10.1. The molecule has 2 rings (SSSR count). The van der Waals surface area contributed by atoms with Crippen LogP contribution in [0.15, 0.2) is 41.8 Å². The van der Waals surface area contributed by atoms with Crippen LogP contribution in [-0.2, 0) is 6.54 Å². The van der Waals surface area contributed by atoms with E-state index < -0.39 is 0 Å². The molecule has 0 amide bonds. The highest BCUT2D eigenvalue weighted by Gasteiger charge is 2.12. The maximum absolute atomic E-state index is 5.68. The summed E-state index contributed by atoms with van der Waals surface area (Å²) < 4.78 is 0. The molecular formula is C14H18N2S. The van der Waals surface area contributed by atoms with Crippen LogP contribution in [0.1, 0.15) is 23.4 Å². The third kappa shape index (κ3) is 3.08. The second-order valence-corrected chi connectivity index (χ2v) is 5.33. The summed E-state index contributed by atoms with van der Waals surface area (Å²) in [6, 6.07) is 12.8. The Morgan fingerprint density at radius 2 is 1.94 bits per heavy atom. The Bertz CT molecular complexity index is 448. The lowest BCUT2D eigenvalue weighted by molar-refractivity contribution is 0.256. The van der Waals surface area contributed by atoms with Gasteiger partial charge in [0.15, 0.2) is 0 Å². The van der Waals surface area contributed by atoms with E-state index in [0.717, 1.165) is 12.2 Å². The first-order valence-electron chi connectivity index (χ1n) is 5.75. The van der Waals surface area contributed by atoms with Crippen molar-refractivity contribution in [2.24, 2.45) is 0 Å². The summed E-state index contributed by atoms with van der Waals surface area (Å²) >= 11 is 1.81. The van der Waals surface area contributed by atoms with Gasteiger partial charge >= 0.3 is 0 Å². The highest BCUT2D eigenvalue weighted by molar-refractivity contribution is 7.10. The Kier molecular flexibility index (Phi) is 3.82. The molecule has 90 valence electrons. The van der Waals surface area contributed by atoms with Crippen molar-refractivity contribution in [3.8, 4) is 0 Å². The lowest BCUT2D eigenvalue weighted by Gasteiger charge is -2.23. The third-order valence-electron chi connectivity index (χ3n) is 3.03. The molecule has 0 fully saturated rings. The van der Waals surface area contributed by atoms with Crippen LogP contribution < -0.4 is 5.73 Å². The fraction of sp³-hybridized carbons (Fsp3) is 0.286. The molecule has 3 heteroatoms. The van der Waals surface area contributed by atoms with Gasteiger partial charge in [0.25, 0.3) is 0 Å². The number of thiophene rings is 1. The largest absolute Gasteiger partial charge is 0.399 e. The lowest BCUT2D eigenvalue weighted by Crippen LogP contribution is -2.21. The highest BCUT2D eigenvalue weighted by atomic mass is 32.1. The average Bonchev–Trinajstić information content (AvgIpc) is 2.84. The fourth-order valence-electron chi connectivity index (χ4n) is 1.79. The summed E-state index contributed by atoms with van der Waals surface area (Å²) in [5.41, 5.74) is 7.80. The molecule has 0 radical (unpaired) electrons. The standard InChI is InChI=1S/C14H18N2S/c1-11(14-4-3-9-17-14)16(2)10-12-5-7-13(15)8-6-12/h3-9,11H,10,15H2,1-2H3. The predicted octanol–water partition coefficient (Wildman–Crippen LogP) is 3.52. The molecule has 0 aliphatic rings. The minimum absolute atomic E-state index is 0.451. The predicted molar refractivity (Wildman–Crippen MR) is 75.1 cm³/mol. The number of nitrogens with zero attached hydrogens (tertiary/aromatic N) is 1. The smallest absolute Gasteiger partial charge is 0.0413 e. The van der Waals surface area contributed by atoms with Crippen LogP contribution in [0.2, 0.25) is 0 Å². The van der Waals surface area contributed by atoms with Gasteiger partial charge in [-0.2, -0.15) is 0 Å². The van der Waals surface area contributed by atoms with E-state index in [2.05, 4.69) is 48.5 Å². The number of rotatable bonds is 4. The van der Waals surface area contributed by atoms with Crippen molar-refractivity contribution in [1.82, 2.24) is 4.90 Å². The zero-order valence-electron chi connectivity index (χ0n) is 10.3. The highest BCUT2D eigenvalue weighted by Crippen LogP contribution is 2.24. The zero-order chi connectivity index (χ0) is 12.3. The normalized spacial score (nSPS) is 12.9. The van der Waals surface area contributed by atoms with Crippen molar-refractivity contribution >= 4 is 17.0 Å². The number of anilines is 1. The number of hydrogen-bond donors (Lipinski definition) is 1. The van der Waals surface area contributed by atoms with Crippen LogP contribution in [0.5, 0.6) is 0 Å². The van der Waals surface area contributed by atoms with Crippen molar-refractivity contribution in [2.75, 3.05) is 12.8 Å². The van der Waals surface area contributed by atoms with Gasteiger partial charge in [0, 0.05) is 23.2 Å². The van der Waals surface area contributed by atoms with Gasteiger partial charge in [-0.25, -0.2) is 0 Å². The van der Waals surface area contributed by atoms with E-state index in [0.29, 0.717) is 6.04 Å². The van der Waals surface area contributed by atoms with Crippen LogP contribution in [0.25, 0.3) is 0 Å². The molecule has 1 aromatic heterocycles. The van der Waals surface area contributed by atoms with Crippen molar-refractivity contribution in [3.63, 3.8) is 0 Å². The van der Waals surface area contributed by atoms with E-state index in [-0.39, 0.29) is 0 Å². The van der Waals surface area contributed by atoms with E-state index in [9.17, 15) is 0 Å². The molecular weight excluding hydrogens is 228 g/mol. The van der Waals surface area contributed by atoms with Crippen LogP contribution in [-0.4, -0.2) is 11.9 Å². The minimum atomic E-state index is 0.451. The maximum atomic E-state index is 5.68. The monoisotopic (exact) mass is 246 g/mol. The van der Waals surface area contributed by atoms with Gasteiger partial charge in [0.05, 0.1) is 0 Å². The number of nitrogens with two attached hydrogens (primary N) is 1. The Morgan fingerprint density at radius 3 is 2.53 bits per heavy atom. The first kappa shape index (κ1) is 12.1. The molecule has 0 spiro atoms. The molecule has 2 nitrogen and oxygen atoms in total. The van der Waals surface area contributed by atoms with E-state index in [1.807, 2.05) is 23.5 Å². The molecule has 0 saturated heterocycles. The average molecular weight is 246 g/mol. The van der Waals surface area contributed by atoms with Gasteiger partial charge in [-0.05, 0) is 43.1 Å². The van der Waals surface area contributed by atoms with Crippen molar-refractivity contribution in [3.05, 3.63) is 52.2 Å². The van der Waals surface area contributed by atoms with Gasteiger partial charge in [-0.1, -0.05) is 18.2 Å². The van der Waals surface area contributed by atoms with Gasteiger partial charge in [0.2, 0.25) is 0 Å². The van der Waals surface area contributed by atoms with Crippen LogP contribution in [0.4, 0.5) is 5.69 Å². The van der Waals surface area contributed by atoms with Crippen LogP contribution >= 0.6 is 11.3 Å². The summed E-state index contributed by atoms with van der Waals surface area (Å²) in [6.45, 7) is 3.18. The topological polar surface area (TPSA) is 29.3 Å². The fourth-order valence-corrected chi connectivity index (χ4v) is 2.64. The second kappa shape index (κ2) is 5.34. The van der Waals surface area contributed by atoms with Gasteiger partial charge in [-0.3, -0.25) is 4.90 Å². The Hall–Kier alpha value is -1.32. The molecule has 1 unspecified atom stereocenters. The van der Waals surface area contributed by atoms with Crippen molar-refractivity contribution < 1.29 is 0 Å². The number of nitrogen functional groups attached to an aromatic ring is 1. The van der Waals surface area contributed by atoms with Gasteiger partial charge in [0.1, 0.15) is 0 Å². The van der Waals surface area contributed by atoms with Crippen molar-refractivity contribution in [2.45, 2.75) is 19.5 Å². The minimum Gasteiger partial charge on any atom is -0.399 e. The van der Waals surface area contributed by atoms with Crippen LogP contribution in [0, 0.1) is 0 Å². The van der Waals surface area contributed by atoms with Crippen molar-refractivity contribution in [1.29, 1.82) is 0 Å². The molecule has 0 aliphatic carbocycles. The molecule has 1 aromatic carbocycles. The quantitative estimate of drug-likeness (QED) is 0.836. The van der Waals surface area contributed by atoms with Gasteiger partial charge in [-0.15, -0.1) is 11.3 Å². The summed E-state index contributed by atoms with van der Waals surface area (Å²) in [7, 11) is 2.15.